The summed E-state index contributed by atoms with van der Waals surface area (Å²) in [4.78, 5) is 13.0. The zero-order valence-electron chi connectivity index (χ0n) is 19.3. The fourth-order valence-electron chi connectivity index (χ4n) is 5.03. The zero-order valence-corrected chi connectivity index (χ0v) is 19.3. The number of nitrogens with one attached hydrogen (secondary N) is 2. The molecular formula is C29H28N2O3. The van der Waals surface area contributed by atoms with Gasteiger partial charge in [0.2, 0.25) is 0 Å². The average Bonchev–Trinajstić information content (AvgIpc) is 3.44. The number of carbonyl (C=O) groups is 1. The van der Waals surface area contributed by atoms with Crippen LogP contribution in [0.2, 0.25) is 0 Å². The maximum atomic E-state index is 13.0. The van der Waals surface area contributed by atoms with Crippen LogP contribution in [0.3, 0.4) is 0 Å². The molecule has 0 bridgehead atoms. The number of carbonyl (C=O) groups excluding carboxylic acids is 1. The van der Waals surface area contributed by atoms with Crippen molar-refractivity contribution in [1.82, 2.24) is 10.6 Å². The lowest BCUT2D eigenvalue weighted by molar-refractivity contribution is 0.0964. The van der Waals surface area contributed by atoms with Crippen molar-refractivity contribution in [3.8, 4) is 22.8 Å². The Kier molecular flexibility index (Phi) is 5.34. The van der Waals surface area contributed by atoms with Crippen LogP contribution in [0.1, 0.15) is 59.1 Å². The number of benzene rings is 3. The Morgan fingerprint density at radius 1 is 0.971 bits per heavy atom. The van der Waals surface area contributed by atoms with Crippen LogP contribution in [0.5, 0.6) is 11.5 Å². The van der Waals surface area contributed by atoms with E-state index in [1.165, 1.54) is 30.4 Å². The summed E-state index contributed by atoms with van der Waals surface area (Å²) in [5.74, 6) is 2.57. The van der Waals surface area contributed by atoms with Crippen LogP contribution >= 0.6 is 0 Å². The SMILES string of the molecule is CNC(=O)c1c(-c2ccc(Oc3ccccc3)cc2)oc2cc(C3CCCN3)c(C3CC3)cc12. The van der Waals surface area contributed by atoms with Crippen LogP contribution in [-0.4, -0.2) is 19.5 Å². The number of fused-ring (bicyclic) bond motifs is 1. The standard InChI is InChI=1S/C29H28N2O3/c1-30-29(32)27-24-16-22(18-9-10-18)23(25-8-5-15-31-25)17-26(24)34-28(27)19-11-13-21(14-12-19)33-20-6-3-2-4-7-20/h2-4,6-7,11-14,16-18,25,31H,5,8-10,15H2,1H3,(H,30,32). The number of hydrogen-bond donors (Lipinski definition) is 2. The summed E-state index contributed by atoms with van der Waals surface area (Å²) in [6.45, 7) is 1.05. The van der Waals surface area contributed by atoms with Crippen LogP contribution in [0.25, 0.3) is 22.3 Å². The first-order chi connectivity index (χ1) is 16.7. The first kappa shape index (κ1) is 21.0. The van der Waals surface area contributed by atoms with Crippen LogP contribution in [-0.2, 0) is 0 Å². The van der Waals surface area contributed by atoms with E-state index in [2.05, 4.69) is 22.8 Å². The minimum Gasteiger partial charge on any atom is -0.457 e. The molecule has 4 aromatic rings. The maximum absolute atomic E-state index is 13.0. The Morgan fingerprint density at radius 3 is 2.41 bits per heavy atom. The van der Waals surface area contributed by atoms with Crippen LogP contribution < -0.4 is 15.4 Å². The van der Waals surface area contributed by atoms with E-state index in [1.807, 2.05) is 54.6 Å². The van der Waals surface area contributed by atoms with Crippen LogP contribution in [0, 0.1) is 0 Å². The van der Waals surface area contributed by atoms with Gasteiger partial charge in [0.15, 0.2) is 0 Å². The van der Waals surface area contributed by atoms with Gasteiger partial charge >= 0.3 is 0 Å². The van der Waals surface area contributed by atoms with E-state index >= 15 is 0 Å². The van der Waals surface area contributed by atoms with Crippen molar-refractivity contribution in [2.45, 2.75) is 37.6 Å². The first-order valence-corrected chi connectivity index (χ1v) is 12.1. The van der Waals surface area contributed by atoms with Gasteiger partial charge in [0.25, 0.3) is 5.91 Å². The average molecular weight is 453 g/mol. The molecule has 2 aliphatic rings. The van der Waals surface area contributed by atoms with Gasteiger partial charge in [-0.3, -0.25) is 4.79 Å². The summed E-state index contributed by atoms with van der Waals surface area (Å²) in [5.41, 5.74) is 4.93. The van der Waals surface area contributed by atoms with Gasteiger partial charge in [-0.2, -0.15) is 0 Å². The molecule has 5 nitrogen and oxygen atoms in total. The molecule has 2 heterocycles. The Balaban J connectivity index is 1.43. The summed E-state index contributed by atoms with van der Waals surface area (Å²) in [6, 6.07) is 22.2. The molecule has 2 N–H and O–H groups in total. The summed E-state index contributed by atoms with van der Waals surface area (Å²) >= 11 is 0. The van der Waals surface area contributed by atoms with Gasteiger partial charge in [-0.05, 0) is 97.8 Å². The highest BCUT2D eigenvalue weighted by atomic mass is 16.5. The molecule has 3 aromatic carbocycles. The van der Waals surface area contributed by atoms with Crippen LogP contribution in [0.4, 0.5) is 0 Å². The van der Waals surface area contributed by atoms with Crippen LogP contribution in [0.15, 0.2) is 71.1 Å². The fraction of sp³-hybridized carbons (Fsp3) is 0.276. The predicted octanol–water partition coefficient (Wildman–Crippen LogP) is 6.55. The van der Waals surface area contributed by atoms with Crippen molar-refractivity contribution in [3.63, 3.8) is 0 Å². The molecule has 1 aliphatic heterocycles. The van der Waals surface area contributed by atoms with Gasteiger partial charge in [0, 0.05) is 24.0 Å². The minimum atomic E-state index is -0.133. The smallest absolute Gasteiger partial charge is 0.255 e. The van der Waals surface area contributed by atoms with Gasteiger partial charge in [-0.25, -0.2) is 0 Å². The molecule has 6 rings (SSSR count). The quantitative estimate of drug-likeness (QED) is 0.348. The second-order valence-electron chi connectivity index (χ2n) is 9.23. The highest BCUT2D eigenvalue weighted by Gasteiger charge is 2.32. The molecule has 1 aliphatic carbocycles. The number of amides is 1. The third-order valence-electron chi connectivity index (χ3n) is 6.90. The third kappa shape index (κ3) is 3.86. The largest absolute Gasteiger partial charge is 0.457 e. The molecular weight excluding hydrogens is 424 g/mol. The molecule has 34 heavy (non-hydrogen) atoms. The van der Waals surface area contributed by atoms with E-state index in [9.17, 15) is 4.79 Å². The summed E-state index contributed by atoms with van der Waals surface area (Å²) in [5, 5.41) is 7.34. The Morgan fingerprint density at radius 2 is 1.74 bits per heavy atom. The van der Waals surface area contributed by atoms with E-state index in [0.717, 1.165) is 41.0 Å². The van der Waals surface area contributed by atoms with Gasteiger partial charge in [-0.15, -0.1) is 0 Å². The highest BCUT2D eigenvalue weighted by molar-refractivity contribution is 6.11. The number of para-hydroxylation sites is 1. The van der Waals surface area contributed by atoms with Gasteiger partial charge < -0.3 is 19.8 Å². The second-order valence-corrected chi connectivity index (χ2v) is 9.23. The normalized spacial score (nSPS) is 17.7. The van der Waals surface area contributed by atoms with E-state index in [1.54, 1.807) is 7.05 Å². The third-order valence-corrected chi connectivity index (χ3v) is 6.90. The lowest BCUT2D eigenvalue weighted by Crippen LogP contribution is -2.18. The minimum absolute atomic E-state index is 0.133. The lowest BCUT2D eigenvalue weighted by Gasteiger charge is -2.16. The zero-order chi connectivity index (χ0) is 23.1. The van der Waals surface area contributed by atoms with E-state index in [0.29, 0.717) is 23.3 Å². The molecule has 1 aromatic heterocycles. The van der Waals surface area contributed by atoms with Gasteiger partial charge in [0.05, 0.1) is 5.56 Å². The molecule has 172 valence electrons. The molecule has 1 atom stereocenters. The number of ether oxygens (including phenoxy) is 1. The highest BCUT2D eigenvalue weighted by Crippen LogP contribution is 2.47. The van der Waals surface area contributed by atoms with Crippen molar-refractivity contribution < 1.29 is 13.9 Å². The van der Waals surface area contributed by atoms with Gasteiger partial charge in [-0.1, -0.05) is 18.2 Å². The van der Waals surface area contributed by atoms with Crippen molar-refractivity contribution in [3.05, 3.63) is 83.4 Å². The molecule has 1 unspecified atom stereocenters. The number of rotatable bonds is 6. The van der Waals surface area contributed by atoms with E-state index < -0.39 is 0 Å². The lowest BCUT2D eigenvalue weighted by atomic mass is 9.93. The molecule has 5 heteroatoms. The topological polar surface area (TPSA) is 63.5 Å². The Bertz CT molecular complexity index is 1330. The van der Waals surface area contributed by atoms with E-state index in [4.69, 9.17) is 9.15 Å². The van der Waals surface area contributed by atoms with Crippen molar-refractivity contribution in [2.75, 3.05) is 13.6 Å². The van der Waals surface area contributed by atoms with Crippen molar-refractivity contribution in [1.29, 1.82) is 0 Å². The number of hydrogen-bond acceptors (Lipinski definition) is 4. The Hall–Kier alpha value is -3.57. The summed E-state index contributed by atoms with van der Waals surface area (Å²) < 4.78 is 12.3. The second kappa shape index (κ2) is 8.65. The Labute approximate surface area is 199 Å². The number of furan rings is 1. The van der Waals surface area contributed by atoms with Gasteiger partial charge in [0.1, 0.15) is 22.8 Å². The summed E-state index contributed by atoms with van der Waals surface area (Å²) in [6.07, 6.45) is 4.77. The van der Waals surface area contributed by atoms with Crippen molar-refractivity contribution >= 4 is 16.9 Å². The molecule has 0 radical (unpaired) electrons. The summed E-state index contributed by atoms with van der Waals surface area (Å²) in [7, 11) is 1.67. The van der Waals surface area contributed by atoms with Crippen molar-refractivity contribution in [2.24, 2.45) is 0 Å². The monoisotopic (exact) mass is 452 g/mol. The fourth-order valence-corrected chi connectivity index (χ4v) is 5.03. The maximum Gasteiger partial charge on any atom is 0.255 e. The molecule has 0 spiro atoms. The molecule has 1 saturated carbocycles. The predicted molar refractivity (Wildman–Crippen MR) is 134 cm³/mol. The molecule has 2 fully saturated rings. The van der Waals surface area contributed by atoms with E-state index in [-0.39, 0.29) is 5.91 Å². The molecule has 1 amide bonds. The molecule has 1 saturated heterocycles. The first-order valence-electron chi connectivity index (χ1n) is 12.1.